The molecular formula is C15H16N6O3. The molecule has 1 aromatic carbocycles. The van der Waals surface area contributed by atoms with Gasteiger partial charge < -0.3 is 14.3 Å². The normalized spacial score (nSPS) is 11.0. The number of carbonyl (C=O) groups is 1. The van der Waals surface area contributed by atoms with Crippen LogP contribution >= 0.6 is 0 Å². The maximum atomic E-state index is 11.4. The lowest BCUT2D eigenvalue weighted by Crippen LogP contribution is -2.20. The third-order valence-corrected chi connectivity index (χ3v) is 3.19. The number of nitrogens with zero attached hydrogens (tertiary/aromatic N) is 5. The van der Waals surface area contributed by atoms with Crippen molar-refractivity contribution in [2.24, 2.45) is 0 Å². The van der Waals surface area contributed by atoms with Crippen LogP contribution in [-0.4, -0.2) is 45.2 Å². The smallest absolute Gasteiger partial charge is 0.315 e. The molecule has 3 aromatic rings. The molecule has 1 N–H and O–H groups in total. The van der Waals surface area contributed by atoms with Gasteiger partial charge in [0.2, 0.25) is 11.8 Å². The van der Waals surface area contributed by atoms with E-state index in [0.717, 1.165) is 5.56 Å². The van der Waals surface area contributed by atoms with Crippen molar-refractivity contribution < 1.29 is 13.7 Å². The summed E-state index contributed by atoms with van der Waals surface area (Å²) in [5, 5.41) is 14.3. The lowest BCUT2D eigenvalue weighted by Gasteiger charge is -2.10. The van der Waals surface area contributed by atoms with Crippen LogP contribution in [0.1, 0.15) is 22.4 Å². The summed E-state index contributed by atoms with van der Waals surface area (Å²) in [7, 11) is 3.35. The lowest BCUT2D eigenvalue weighted by atomic mass is 10.2. The molecule has 2 aromatic heterocycles. The average molecular weight is 328 g/mol. The Kier molecular flexibility index (Phi) is 4.62. The zero-order valence-corrected chi connectivity index (χ0v) is 13.3. The van der Waals surface area contributed by atoms with Crippen molar-refractivity contribution in [1.82, 2.24) is 30.6 Å². The summed E-state index contributed by atoms with van der Waals surface area (Å²) in [5.74, 6) is 0.872. The SMILES string of the molecule is CNC(=O)c1nc(CN(C)Cc2nnc(-c3ccccc3)o2)no1. The van der Waals surface area contributed by atoms with Crippen molar-refractivity contribution in [1.29, 1.82) is 0 Å². The van der Waals surface area contributed by atoms with Gasteiger partial charge in [-0.2, -0.15) is 4.98 Å². The number of amides is 1. The number of benzene rings is 1. The quantitative estimate of drug-likeness (QED) is 0.716. The summed E-state index contributed by atoms with van der Waals surface area (Å²) in [6, 6.07) is 9.55. The Hall–Kier alpha value is -3.07. The maximum absolute atomic E-state index is 11.4. The van der Waals surface area contributed by atoms with E-state index in [4.69, 9.17) is 8.94 Å². The molecule has 3 rings (SSSR count). The summed E-state index contributed by atoms with van der Waals surface area (Å²) in [6.07, 6.45) is 0. The third kappa shape index (κ3) is 3.63. The zero-order valence-electron chi connectivity index (χ0n) is 13.3. The van der Waals surface area contributed by atoms with Crippen molar-refractivity contribution in [2.75, 3.05) is 14.1 Å². The van der Waals surface area contributed by atoms with Gasteiger partial charge in [0.1, 0.15) is 0 Å². The van der Waals surface area contributed by atoms with E-state index in [9.17, 15) is 4.79 Å². The first-order valence-corrected chi connectivity index (χ1v) is 7.26. The fourth-order valence-electron chi connectivity index (χ4n) is 2.06. The molecule has 2 heterocycles. The second-order valence-corrected chi connectivity index (χ2v) is 5.13. The molecule has 9 nitrogen and oxygen atoms in total. The molecule has 0 atom stereocenters. The first kappa shape index (κ1) is 15.8. The highest BCUT2D eigenvalue weighted by atomic mass is 16.5. The van der Waals surface area contributed by atoms with Gasteiger partial charge in [-0.15, -0.1) is 10.2 Å². The highest BCUT2D eigenvalue weighted by molar-refractivity contribution is 5.89. The van der Waals surface area contributed by atoms with Crippen molar-refractivity contribution in [3.05, 3.63) is 47.9 Å². The molecule has 0 unspecified atom stereocenters. The monoisotopic (exact) mass is 328 g/mol. The summed E-state index contributed by atoms with van der Waals surface area (Å²) >= 11 is 0. The molecule has 0 aliphatic heterocycles. The predicted molar refractivity (Wildman–Crippen MR) is 82.6 cm³/mol. The van der Waals surface area contributed by atoms with Gasteiger partial charge in [-0.3, -0.25) is 9.69 Å². The van der Waals surface area contributed by atoms with E-state index in [1.165, 1.54) is 7.05 Å². The van der Waals surface area contributed by atoms with E-state index >= 15 is 0 Å². The second kappa shape index (κ2) is 7.01. The average Bonchev–Trinajstić information content (AvgIpc) is 3.24. The molecule has 0 radical (unpaired) electrons. The molecule has 0 bridgehead atoms. The van der Waals surface area contributed by atoms with Gasteiger partial charge >= 0.3 is 11.8 Å². The molecule has 0 aliphatic rings. The Labute approximate surface area is 137 Å². The summed E-state index contributed by atoms with van der Waals surface area (Å²) < 4.78 is 10.5. The number of nitrogens with one attached hydrogen (secondary N) is 1. The molecule has 0 fully saturated rings. The Morgan fingerprint density at radius 3 is 2.75 bits per heavy atom. The highest BCUT2D eigenvalue weighted by Crippen LogP contribution is 2.17. The summed E-state index contributed by atoms with van der Waals surface area (Å²) in [5.41, 5.74) is 0.868. The number of aromatic nitrogens is 4. The van der Waals surface area contributed by atoms with Crippen LogP contribution < -0.4 is 5.32 Å². The van der Waals surface area contributed by atoms with Gasteiger partial charge in [0, 0.05) is 12.6 Å². The Balaban J connectivity index is 1.61. The first-order chi connectivity index (χ1) is 11.7. The first-order valence-electron chi connectivity index (χ1n) is 7.26. The van der Waals surface area contributed by atoms with Crippen LogP contribution in [0.3, 0.4) is 0 Å². The van der Waals surface area contributed by atoms with E-state index in [2.05, 4.69) is 25.7 Å². The largest absolute Gasteiger partial charge is 0.419 e. The standard InChI is InChI=1S/C15H16N6O3/c1-16-13(22)15-17-11(20-24-15)8-21(2)9-12-18-19-14(23-12)10-6-4-3-5-7-10/h3-7H,8-9H2,1-2H3,(H,16,22). The van der Waals surface area contributed by atoms with Gasteiger partial charge in [-0.25, -0.2) is 0 Å². The van der Waals surface area contributed by atoms with E-state index in [0.29, 0.717) is 30.7 Å². The van der Waals surface area contributed by atoms with Crippen LogP contribution in [0, 0.1) is 0 Å². The third-order valence-electron chi connectivity index (χ3n) is 3.19. The van der Waals surface area contributed by atoms with E-state index < -0.39 is 5.91 Å². The van der Waals surface area contributed by atoms with Crippen LogP contribution in [-0.2, 0) is 13.1 Å². The van der Waals surface area contributed by atoms with Crippen LogP contribution in [0.2, 0.25) is 0 Å². The second-order valence-electron chi connectivity index (χ2n) is 5.13. The van der Waals surface area contributed by atoms with Crippen molar-refractivity contribution in [2.45, 2.75) is 13.1 Å². The molecule has 1 amide bonds. The molecule has 24 heavy (non-hydrogen) atoms. The van der Waals surface area contributed by atoms with Gasteiger partial charge in [0.25, 0.3) is 0 Å². The van der Waals surface area contributed by atoms with Gasteiger partial charge in [-0.1, -0.05) is 23.4 Å². The molecule has 0 saturated heterocycles. The fourth-order valence-corrected chi connectivity index (χ4v) is 2.06. The Bertz CT molecular complexity index is 813. The topological polar surface area (TPSA) is 110 Å². The predicted octanol–water partition coefficient (Wildman–Crippen LogP) is 1.11. The minimum Gasteiger partial charge on any atom is -0.419 e. The zero-order chi connectivity index (χ0) is 16.9. The van der Waals surface area contributed by atoms with Crippen molar-refractivity contribution in [3.8, 4) is 11.5 Å². The van der Waals surface area contributed by atoms with E-state index in [-0.39, 0.29) is 5.89 Å². The number of hydrogen-bond donors (Lipinski definition) is 1. The number of carbonyl (C=O) groups excluding carboxylic acids is 1. The van der Waals surface area contributed by atoms with Gasteiger partial charge in [-0.05, 0) is 19.2 Å². The highest BCUT2D eigenvalue weighted by Gasteiger charge is 2.16. The minimum absolute atomic E-state index is 0.0648. The fraction of sp³-hybridized carbons (Fsp3) is 0.267. The van der Waals surface area contributed by atoms with Crippen molar-refractivity contribution in [3.63, 3.8) is 0 Å². The molecule has 124 valence electrons. The lowest BCUT2D eigenvalue weighted by molar-refractivity contribution is 0.0919. The van der Waals surface area contributed by atoms with E-state index in [1.807, 2.05) is 42.3 Å². The molecule has 0 spiro atoms. The molecule has 9 heteroatoms. The Morgan fingerprint density at radius 1 is 1.21 bits per heavy atom. The summed E-state index contributed by atoms with van der Waals surface area (Å²) in [6.45, 7) is 0.799. The van der Waals surface area contributed by atoms with Crippen molar-refractivity contribution >= 4 is 5.91 Å². The minimum atomic E-state index is -0.416. The van der Waals surface area contributed by atoms with Gasteiger partial charge in [0.15, 0.2) is 5.82 Å². The number of hydrogen-bond acceptors (Lipinski definition) is 8. The molecular weight excluding hydrogens is 312 g/mol. The summed E-state index contributed by atoms with van der Waals surface area (Å²) in [4.78, 5) is 17.3. The van der Waals surface area contributed by atoms with Crippen LogP contribution in [0.4, 0.5) is 0 Å². The number of rotatable bonds is 6. The van der Waals surface area contributed by atoms with Gasteiger partial charge in [0.05, 0.1) is 13.1 Å². The van der Waals surface area contributed by atoms with E-state index in [1.54, 1.807) is 0 Å². The molecule has 0 saturated carbocycles. The Morgan fingerprint density at radius 2 is 2.00 bits per heavy atom. The van der Waals surface area contributed by atoms with Crippen LogP contribution in [0.15, 0.2) is 39.3 Å². The van der Waals surface area contributed by atoms with Crippen LogP contribution in [0.5, 0.6) is 0 Å². The van der Waals surface area contributed by atoms with Crippen LogP contribution in [0.25, 0.3) is 11.5 Å². The molecule has 0 aliphatic carbocycles. The maximum Gasteiger partial charge on any atom is 0.315 e.